The van der Waals surface area contributed by atoms with E-state index >= 15 is 0 Å². The van der Waals surface area contributed by atoms with Gasteiger partial charge in [0.15, 0.2) is 0 Å². The van der Waals surface area contributed by atoms with Crippen molar-refractivity contribution in [3.8, 4) is 0 Å². The van der Waals surface area contributed by atoms with Gasteiger partial charge in [0.05, 0.1) is 4.90 Å². The Morgan fingerprint density at radius 3 is 2.50 bits per heavy atom. The molecule has 0 bridgehead atoms. The molecule has 0 saturated heterocycles. The fourth-order valence-corrected chi connectivity index (χ4v) is 2.86. The maximum absolute atomic E-state index is 11.8. The number of sulfone groups is 1. The average Bonchev–Trinajstić information content (AvgIpc) is 2.27. The third kappa shape index (κ3) is 3.99. The Morgan fingerprint density at radius 2 is 1.94 bits per heavy atom. The SMILES string of the molecule is CCCCC(Cl)=CS(=O)(=O)c1ccccc1. The molecule has 0 unspecified atom stereocenters. The Kier molecular flexibility index (Phi) is 5.03. The number of benzene rings is 1. The third-order valence-electron chi connectivity index (χ3n) is 2.12. The van der Waals surface area contributed by atoms with Gasteiger partial charge < -0.3 is 0 Å². The summed E-state index contributed by atoms with van der Waals surface area (Å²) >= 11 is 5.88. The number of halogens is 1. The van der Waals surface area contributed by atoms with Crippen LogP contribution >= 0.6 is 11.6 Å². The molecule has 0 saturated carbocycles. The molecule has 88 valence electrons. The predicted octanol–water partition coefficient (Wildman–Crippen LogP) is 3.73. The Bertz CT molecular complexity index is 449. The molecular weight excluding hydrogens is 244 g/mol. The van der Waals surface area contributed by atoms with E-state index in [1.807, 2.05) is 6.92 Å². The van der Waals surface area contributed by atoms with Crippen molar-refractivity contribution in [1.29, 1.82) is 0 Å². The number of rotatable bonds is 5. The van der Waals surface area contributed by atoms with Crippen molar-refractivity contribution in [3.05, 3.63) is 40.8 Å². The fourth-order valence-electron chi connectivity index (χ4n) is 1.25. The first-order valence-electron chi connectivity index (χ1n) is 5.22. The molecule has 0 aliphatic rings. The monoisotopic (exact) mass is 258 g/mol. The molecular formula is C12H15ClO2S. The van der Waals surface area contributed by atoms with E-state index in [9.17, 15) is 8.42 Å². The van der Waals surface area contributed by atoms with Gasteiger partial charge in [-0.1, -0.05) is 43.1 Å². The summed E-state index contributed by atoms with van der Waals surface area (Å²) in [5.41, 5.74) is 0. The Labute approximate surface area is 102 Å². The van der Waals surface area contributed by atoms with Crippen molar-refractivity contribution in [2.45, 2.75) is 31.1 Å². The molecule has 0 N–H and O–H groups in total. The molecule has 1 aromatic rings. The highest BCUT2D eigenvalue weighted by atomic mass is 35.5. The summed E-state index contributed by atoms with van der Waals surface area (Å²) in [6.45, 7) is 2.04. The van der Waals surface area contributed by atoms with Crippen LogP contribution in [0.5, 0.6) is 0 Å². The van der Waals surface area contributed by atoms with Gasteiger partial charge in [-0.05, 0) is 25.0 Å². The molecule has 0 fully saturated rings. The maximum atomic E-state index is 11.8. The molecule has 0 heterocycles. The number of hydrogen-bond acceptors (Lipinski definition) is 2. The molecule has 0 spiro atoms. The lowest BCUT2D eigenvalue weighted by molar-refractivity contribution is 0.604. The molecule has 0 radical (unpaired) electrons. The molecule has 2 nitrogen and oxygen atoms in total. The highest BCUT2D eigenvalue weighted by Gasteiger charge is 2.11. The molecule has 4 heteroatoms. The molecule has 1 aromatic carbocycles. The van der Waals surface area contributed by atoms with Crippen LogP contribution in [-0.4, -0.2) is 8.42 Å². The van der Waals surface area contributed by atoms with Gasteiger partial charge in [0.1, 0.15) is 0 Å². The quantitative estimate of drug-likeness (QED) is 0.806. The molecule has 0 aromatic heterocycles. The summed E-state index contributed by atoms with van der Waals surface area (Å²) in [4.78, 5) is 0.282. The van der Waals surface area contributed by atoms with E-state index in [2.05, 4.69) is 0 Å². The Hall–Kier alpha value is -0.800. The first-order chi connectivity index (χ1) is 7.56. The van der Waals surface area contributed by atoms with Crippen LogP contribution in [0.15, 0.2) is 45.7 Å². The van der Waals surface area contributed by atoms with E-state index in [4.69, 9.17) is 11.6 Å². The molecule has 16 heavy (non-hydrogen) atoms. The van der Waals surface area contributed by atoms with Crippen molar-refractivity contribution in [2.75, 3.05) is 0 Å². The van der Waals surface area contributed by atoms with Gasteiger partial charge in [0.25, 0.3) is 0 Å². The summed E-state index contributed by atoms with van der Waals surface area (Å²) in [5.74, 6) is 0. The van der Waals surface area contributed by atoms with Crippen LogP contribution in [0, 0.1) is 0 Å². The molecule has 0 aliphatic carbocycles. The summed E-state index contributed by atoms with van der Waals surface area (Å²) in [6, 6.07) is 8.30. The molecule has 0 amide bonds. The standard InChI is InChI=1S/C12H15ClO2S/c1-2-3-7-11(13)10-16(14,15)12-8-5-4-6-9-12/h4-6,8-10H,2-3,7H2,1H3. The lowest BCUT2D eigenvalue weighted by Crippen LogP contribution is -1.96. The minimum absolute atomic E-state index is 0.282. The van der Waals surface area contributed by atoms with Gasteiger partial charge in [-0.2, -0.15) is 0 Å². The molecule has 1 rings (SSSR count). The van der Waals surface area contributed by atoms with Crippen LogP contribution in [0.25, 0.3) is 0 Å². The largest absolute Gasteiger partial charge is 0.219 e. The van der Waals surface area contributed by atoms with Crippen molar-refractivity contribution in [3.63, 3.8) is 0 Å². The van der Waals surface area contributed by atoms with Gasteiger partial charge in [0.2, 0.25) is 9.84 Å². The van der Waals surface area contributed by atoms with E-state index < -0.39 is 9.84 Å². The van der Waals surface area contributed by atoms with Crippen LogP contribution in [0.2, 0.25) is 0 Å². The second kappa shape index (κ2) is 6.06. The van der Waals surface area contributed by atoms with Crippen LogP contribution < -0.4 is 0 Å². The van der Waals surface area contributed by atoms with E-state index in [0.29, 0.717) is 11.5 Å². The highest BCUT2D eigenvalue weighted by Crippen LogP contribution is 2.18. The summed E-state index contributed by atoms with van der Waals surface area (Å²) in [5, 5.41) is 1.55. The van der Waals surface area contributed by atoms with Crippen molar-refractivity contribution in [2.24, 2.45) is 0 Å². The normalized spacial score (nSPS) is 12.8. The zero-order chi connectivity index (χ0) is 12.0. The van der Waals surface area contributed by atoms with Gasteiger partial charge in [-0.25, -0.2) is 8.42 Å². The third-order valence-corrected chi connectivity index (χ3v) is 4.08. The van der Waals surface area contributed by atoms with Gasteiger partial charge in [-0.15, -0.1) is 0 Å². The van der Waals surface area contributed by atoms with E-state index in [1.54, 1.807) is 30.3 Å². The van der Waals surface area contributed by atoms with Gasteiger partial charge in [-0.3, -0.25) is 0 Å². The lowest BCUT2D eigenvalue weighted by Gasteiger charge is -2.00. The first kappa shape index (κ1) is 13.3. The van der Waals surface area contributed by atoms with Crippen LogP contribution in [0.3, 0.4) is 0 Å². The van der Waals surface area contributed by atoms with Gasteiger partial charge in [0, 0.05) is 10.4 Å². The van der Waals surface area contributed by atoms with Crippen LogP contribution in [0.4, 0.5) is 0 Å². The fraction of sp³-hybridized carbons (Fsp3) is 0.333. The Balaban J connectivity index is 2.88. The average molecular weight is 259 g/mol. The van der Waals surface area contributed by atoms with Crippen LogP contribution in [0.1, 0.15) is 26.2 Å². The smallest absolute Gasteiger partial charge is 0.200 e. The Morgan fingerprint density at radius 1 is 1.31 bits per heavy atom. The predicted molar refractivity (Wildman–Crippen MR) is 67.1 cm³/mol. The number of allylic oxidation sites excluding steroid dienone is 1. The van der Waals surface area contributed by atoms with Crippen molar-refractivity contribution < 1.29 is 8.42 Å². The summed E-state index contributed by atoms with van der Waals surface area (Å²) in [6.07, 6.45) is 2.51. The zero-order valence-electron chi connectivity index (χ0n) is 9.19. The lowest BCUT2D eigenvalue weighted by atomic mass is 10.2. The number of unbranched alkanes of at least 4 members (excludes halogenated alkanes) is 1. The topological polar surface area (TPSA) is 34.1 Å². The zero-order valence-corrected chi connectivity index (χ0v) is 10.8. The second-order valence-corrected chi connectivity index (χ2v) is 5.81. The van der Waals surface area contributed by atoms with Crippen molar-refractivity contribution >= 4 is 21.4 Å². The van der Waals surface area contributed by atoms with Crippen LogP contribution in [-0.2, 0) is 9.84 Å². The first-order valence-corrected chi connectivity index (χ1v) is 7.15. The molecule has 0 aliphatic heterocycles. The summed E-state index contributed by atoms with van der Waals surface area (Å²) in [7, 11) is -3.38. The number of hydrogen-bond donors (Lipinski definition) is 0. The maximum Gasteiger partial charge on any atom is 0.200 e. The van der Waals surface area contributed by atoms with E-state index in [-0.39, 0.29) is 4.90 Å². The second-order valence-electron chi connectivity index (χ2n) is 3.53. The summed E-state index contributed by atoms with van der Waals surface area (Å²) < 4.78 is 23.7. The minimum atomic E-state index is -3.38. The minimum Gasteiger partial charge on any atom is -0.219 e. The van der Waals surface area contributed by atoms with Gasteiger partial charge >= 0.3 is 0 Å². The van der Waals surface area contributed by atoms with Crippen molar-refractivity contribution in [1.82, 2.24) is 0 Å². The van der Waals surface area contributed by atoms with E-state index in [0.717, 1.165) is 18.2 Å². The highest BCUT2D eigenvalue weighted by molar-refractivity contribution is 7.94. The van der Waals surface area contributed by atoms with E-state index in [1.165, 1.54) is 0 Å². The molecule has 0 atom stereocenters.